The van der Waals surface area contributed by atoms with Gasteiger partial charge in [0.15, 0.2) is 11.2 Å². The van der Waals surface area contributed by atoms with E-state index >= 15 is 0 Å². The van der Waals surface area contributed by atoms with E-state index in [1.807, 2.05) is 0 Å². The topological polar surface area (TPSA) is 68.0 Å². The third kappa shape index (κ3) is 3.27. The van der Waals surface area contributed by atoms with Gasteiger partial charge in [-0.25, -0.2) is 4.98 Å². The number of amides is 1. The molecule has 0 radical (unpaired) electrons. The number of nitrogens with zero attached hydrogens (tertiary/aromatic N) is 2. The molecule has 2 aromatic heterocycles. The van der Waals surface area contributed by atoms with Gasteiger partial charge in [0.1, 0.15) is 0 Å². The van der Waals surface area contributed by atoms with Crippen molar-refractivity contribution in [3.63, 3.8) is 0 Å². The molecule has 0 fully saturated rings. The van der Waals surface area contributed by atoms with Gasteiger partial charge in [0.2, 0.25) is 5.89 Å². The molecule has 2 heterocycles. The number of hydrogen-bond acceptors (Lipinski definition) is 4. The molecule has 0 aliphatic heterocycles. The summed E-state index contributed by atoms with van der Waals surface area (Å²) >= 11 is 12.3. The first-order valence-corrected chi connectivity index (χ1v) is 8.44. The Labute approximate surface area is 158 Å². The molecule has 0 unspecified atom stereocenters. The summed E-state index contributed by atoms with van der Waals surface area (Å²) in [4.78, 5) is 20.8. The fourth-order valence-electron chi connectivity index (χ4n) is 2.48. The molecule has 0 bridgehead atoms. The second kappa shape index (κ2) is 6.78. The lowest BCUT2D eigenvalue weighted by Gasteiger charge is -2.07. The van der Waals surface area contributed by atoms with Crippen molar-refractivity contribution in [1.29, 1.82) is 0 Å². The van der Waals surface area contributed by atoms with Gasteiger partial charge in [-0.3, -0.25) is 4.79 Å². The molecule has 1 N–H and O–H groups in total. The van der Waals surface area contributed by atoms with Crippen LogP contribution < -0.4 is 5.32 Å². The van der Waals surface area contributed by atoms with Gasteiger partial charge in [-0.1, -0.05) is 29.3 Å². The minimum absolute atomic E-state index is 0.276. The van der Waals surface area contributed by atoms with Crippen LogP contribution in [0.25, 0.3) is 22.7 Å². The van der Waals surface area contributed by atoms with E-state index in [0.29, 0.717) is 44.0 Å². The normalized spacial score (nSPS) is 10.8. The van der Waals surface area contributed by atoms with Crippen LogP contribution >= 0.6 is 23.2 Å². The van der Waals surface area contributed by atoms with E-state index in [9.17, 15) is 4.79 Å². The third-order valence-electron chi connectivity index (χ3n) is 3.71. The second-order valence-corrected chi connectivity index (χ2v) is 6.35. The van der Waals surface area contributed by atoms with Crippen molar-refractivity contribution < 1.29 is 9.21 Å². The summed E-state index contributed by atoms with van der Waals surface area (Å²) in [6.45, 7) is 0. The predicted molar refractivity (Wildman–Crippen MR) is 102 cm³/mol. The highest BCUT2D eigenvalue weighted by Crippen LogP contribution is 2.31. The van der Waals surface area contributed by atoms with Crippen molar-refractivity contribution >= 4 is 46.0 Å². The standard InChI is InChI=1S/C19H11Cl2N3O2/c20-12-4-1-3-11(9-12)18(25)23-13-6-7-14(15(21)10-13)19-24-17-16(26-19)5-2-8-22-17/h1-10H,(H,23,25). The van der Waals surface area contributed by atoms with E-state index in [2.05, 4.69) is 15.3 Å². The van der Waals surface area contributed by atoms with E-state index in [1.54, 1.807) is 60.8 Å². The maximum absolute atomic E-state index is 12.3. The van der Waals surface area contributed by atoms with Crippen molar-refractivity contribution in [3.8, 4) is 11.5 Å². The summed E-state index contributed by atoms with van der Waals surface area (Å²) in [7, 11) is 0. The molecule has 0 aliphatic rings. The molecule has 0 aliphatic carbocycles. The van der Waals surface area contributed by atoms with Crippen molar-refractivity contribution in [2.75, 3.05) is 5.32 Å². The van der Waals surface area contributed by atoms with Crippen LogP contribution in [0, 0.1) is 0 Å². The number of rotatable bonds is 3. The first kappa shape index (κ1) is 16.6. The maximum atomic E-state index is 12.3. The molecule has 1 amide bonds. The number of aromatic nitrogens is 2. The summed E-state index contributed by atoms with van der Waals surface area (Å²) < 4.78 is 5.68. The fraction of sp³-hybridized carbons (Fsp3) is 0. The number of benzene rings is 2. The van der Waals surface area contributed by atoms with Gasteiger partial charge >= 0.3 is 0 Å². The number of hydrogen-bond donors (Lipinski definition) is 1. The van der Waals surface area contributed by atoms with Crippen molar-refractivity contribution in [1.82, 2.24) is 9.97 Å². The predicted octanol–water partition coefficient (Wildman–Crippen LogP) is 5.45. The van der Waals surface area contributed by atoms with Crippen molar-refractivity contribution in [2.45, 2.75) is 0 Å². The molecule has 26 heavy (non-hydrogen) atoms. The van der Waals surface area contributed by atoms with E-state index in [-0.39, 0.29) is 5.91 Å². The monoisotopic (exact) mass is 383 g/mol. The van der Waals surface area contributed by atoms with Crippen LogP contribution in [-0.2, 0) is 0 Å². The Morgan fingerprint density at radius 1 is 1.04 bits per heavy atom. The first-order chi connectivity index (χ1) is 12.6. The molecule has 4 aromatic rings. The highest BCUT2D eigenvalue weighted by atomic mass is 35.5. The molecule has 5 nitrogen and oxygen atoms in total. The zero-order valence-corrected chi connectivity index (χ0v) is 14.8. The van der Waals surface area contributed by atoms with Crippen LogP contribution in [0.3, 0.4) is 0 Å². The second-order valence-electron chi connectivity index (χ2n) is 5.50. The van der Waals surface area contributed by atoms with E-state index in [1.165, 1.54) is 0 Å². The van der Waals surface area contributed by atoms with Crippen LogP contribution in [0.5, 0.6) is 0 Å². The average molecular weight is 384 g/mol. The first-order valence-electron chi connectivity index (χ1n) is 7.68. The molecule has 128 valence electrons. The summed E-state index contributed by atoms with van der Waals surface area (Å²) in [5.41, 5.74) is 2.72. The van der Waals surface area contributed by atoms with Gasteiger partial charge in [-0.05, 0) is 48.5 Å². The van der Waals surface area contributed by atoms with Crippen LogP contribution in [0.4, 0.5) is 5.69 Å². The Morgan fingerprint density at radius 2 is 1.92 bits per heavy atom. The van der Waals surface area contributed by atoms with Gasteiger partial charge in [0.05, 0.1) is 10.6 Å². The molecular weight excluding hydrogens is 373 g/mol. The Balaban J connectivity index is 1.60. The van der Waals surface area contributed by atoms with Gasteiger partial charge in [-0.15, -0.1) is 0 Å². The number of oxazole rings is 1. The van der Waals surface area contributed by atoms with Crippen LogP contribution in [0.15, 0.2) is 65.2 Å². The summed E-state index contributed by atoms with van der Waals surface area (Å²) in [5, 5.41) is 3.69. The van der Waals surface area contributed by atoms with E-state index in [4.69, 9.17) is 27.6 Å². The van der Waals surface area contributed by atoms with Crippen molar-refractivity contribution in [2.24, 2.45) is 0 Å². The minimum Gasteiger partial charge on any atom is -0.434 e. The number of carbonyl (C=O) groups is 1. The van der Waals surface area contributed by atoms with Gasteiger partial charge < -0.3 is 9.73 Å². The number of carbonyl (C=O) groups excluding carboxylic acids is 1. The SMILES string of the molecule is O=C(Nc1ccc(-c2nc3ncccc3o2)c(Cl)c1)c1cccc(Cl)c1. The number of pyridine rings is 1. The Morgan fingerprint density at radius 3 is 2.69 bits per heavy atom. The Kier molecular flexibility index (Phi) is 4.32. The molecule has 0 spiro atoms. The smallest absolute Gasteiger partial charge is 0.255 e. The third-order valence-corrected chi connectivity index (χ3v) is 4.26. The summed E-state index contributed by atoms with van der Waals surface area (Å²) in [6.07, 6.45) is 1.64. The zero-order chi connectivity index (χ0) is 18.1. The highest BCUT2D eigenvalue weighted by molar-refractivity contribution is 6.33. The average Bonchev–Trinajstić information content (AvgIpc) is 3.05. The number of fused-ring (bicyclic) bond motifs is 1. The van der Waals surface area contributed by atoms with Gasteiger partial charge in [0, 0.05) is 22.5 Å². The van der Waals surface area contributed by atoms with Crippen LogP contribution in [0.2, 0.25) is 10.0 Å². The number of anilines is 1. The van der Waals surface area contributed by atoms with Gasteiger partial charge in [0.25, 0.3) is 5.91 Å². The van der Waals surface area contributed by atoms with E-state index < -0.39 is 0 Å². The molecule has 7 heteroatoms. The molecular formula is C19H11Cl2N3O2. The van der Waals surface area contributed by atoms with Crippen LogP contribution in [-0.4, -0.2) is 15.9 Å². The van der Waals surface area contributed by atoms with Crippen molar-refractivity contribution in [3.05, 3.63) is 76.4 Å². The largest absolute Gasteiger partial charge is 0.434 e. The lowest BCUT2D eigenvalue weighted by atomic mass is 10.1. The fourth-order valence-corrected chi connectivity index (χ4v) is 2.94. The maximum Gasteiger partial charge on any atom is 0.255 e. The number of nitrogens with one attached hydrogen (secondary N) is 1. The van der Waals surface area contributed by atoms with Crippen LogP contribution in [0.1, 0.15) is 10.4 Å². The summed E-state index contributed by atoms with van der Waals surface area (Å²) in [6, 6.07) is 15.4. The molecule has 0 saturated heterocycles. The zero-order valence-electron chi connectivity index (χ0n) is 13.2. The minimum atomic E-state index is -0.276. The number of halogens is 2. The molecule has 4 rings (SSSR count). The molecule has 0 atom stereocenters. The molecule has 2 aromatic carbocycles. The summed E-state index contributed by atoms with van der Waals surface area (Å²) in [5.74, 6) is 0.0961. The Hall–Kier alpha value is -2.89. The lowest BCUT2D eigenvalue weighted by molar-refractivity contribution is 0.102. The quantitative estimate of drug-likeness (QED) is 0.510. The lowest BCUT2D eigenvalue weighted by Crippen LogP contribution is -2.11. The van der Waals surface area contributed by atoms with E-state index in [0.717, 1.165) is 0 Å². The molecule has 0 saturated carbocycles. The highest BCUT2D eigenvalue weighted by Gasteiger charge is 2.14. The Bertz CT molecular complexity index is 1090. The van der Waals surface area contributed by atoms with Gasteiger partial charge in [-0.2, -0.15) is 4.98 Å².